The first-order chi connectivity index (χ1) is 15.4. The Hall–Kier alpha value is -3.68. The van der Waals surface area contributed by atoms with Crippen LogP contribution in [0, 0.1) is 0 Å². The number of methoxy groups -OCH3 is 1. The molecule has 0 saturated heterocycles. The van der Waals surface area contributed by atoms with Crippen LogP contribution in [0.3, 0.4) is 0 Å². The van der Waals surface area contributed by atoms with E-state index in [1.807, 2.05) is 12.1 Å². The fraction of sp³-hybridized carbons (Fsp3) is 0.0417. The Labute approximate surface area is 193 Å². The van der Waals surface area contributed by atoms with Crippen molar-refractivity contribution in [2.24, 2.45) is 0 Å². The molecule has 0 spiro atoms. The average Bonchev–Trinajstić information content (AvgIpc) is 2.79. The van der Waals surface area contributed by atoms with Gasteiger partial charge in [0.15, 0.2) is 5.11 Å². The molecule has 3 aromatic carbocycles. The zero-order chi connectivity index (χ0) is 22.7. The van der Waals surface area contributed by atoms with E-state index in [4.69, 9.17) is 33.0 Å². The van der Waals surface area contributed by atoms with Crippen LogP contribution in [0.15, 0.2) is 82.0 Å². The molecule has 0 atom stereocenters. The first kappa shape index (κ1) is 21.5. The van der Waals surface area contributed by atoms with E-state index < -0.39 is 5.63 Å². The van der Waals surface area contributed by atoms with Crippen LogP contribution in [-0.4, -0.2) is 18.1 Å². The van der Waals surface area contributed by atoms with E-state index in [-0.39, 0.29) is 11.0 Å². The molecule has 1 amide bonds. The summed E-state index contributed by atoms with van der Waals surface area (Å²) in [4.78, 5) is 24.8. The summed E-state index contributed by atoms with van der Waals surface area (Å²) in [5, 5.41) is 6.77. The maximum absolute atomic E-state index is 12.4. The van der Waals surface area contributed by atoms with Crippen molar-refractivity contribution in [2.45, 2.75) is 0 Å². The lowest BCUT2D eigenvalue weighted by atomic mass is 10.1. The molecule has 1 heterocycles. The van der Waals surface area contributed by atoms with Gasteiger partial charge in [0.05, 0.1) is 17.7 Å². The van der Waals surface area contributed by atoms with Gasteiger partial charge in [-0.25, -0.2) is 4.79 Å². The van der Waals surface area contributed by atoms with Crippen LogP contribution in [-0.2, 0) is 0 Å². The smallest absolute Gasteiger partial charge is 0.344 e. The number of hydrogen-bond acceptors (Lipinski definition) is 5. The number of carbonyl (C=O) groups excluding carboxylic acids is 1. The van der Waals surface area contributed by atoms with Crippen LogP contribution in [0.25, 0.3) is 22.1 Å². The van der Waals surface area contributed by atoms with Crippen LogP contribution in [0.4, 0.5) is 5.69 Å². The van der Waals surface area contributed by atoms with E-state index in [2.05, 4.69) is 10.6 Å². The minimum Gasteiger partial charge on any atom is -0.497 e. The molecular weight excluding hydrogens is 448 g/mol. The van der Waals surface area contributed by atoms with Crippen LogP contribution in [0.5, 0.6) is 5.75 Å². The highest BCUT2D eigenvalue weighted by molar-refractivity contribution is 7.80. The Morgan fingerprint density at radius 2 is 1.75 bits per heavy atom. The van der Waals surface area contributed by atoms with Gasteiger partial charge in [-0.05, 0) is 60.7 Å². The number of ether oxygens (including phenoxy) is 1. The summed E-state index contributed by atoms with van der Waals surface area (Å²) in [6.07, 6.45) is 0. The second kappa shape index (κ2) is 9.21. The maximum Gasteiger partial charge on any atom is 0.344 e. The highest BCUT2D eigenvalue weighted by atomic mass is 35.5. The van der Waals surface area contributed by atoms with Gasteiger partial charge in [0.1, 0.15) is 11.3 Å². The van der Waals surface area contributed by atoms with E-state index in [0.717, 1.165) is 5.39 Å². The Morgan fingerprint density at radius 1 is 1.00 bits per heavy atom. The van der Waals surface area contributed by atoms with Gasteiger partial charge in [-0.2, -0.15) is 0 Å². The molecule has 6 nitrogen and oxygen atoms in total. The van der Waals surface area contributed by atoms with Crippen LogP contribution in [0.2, 0.25) is 5.02 Å². The Balaban J connectivity index is 1.49. The number of amides is 1. The number of anilines is 1. The molecule has 4 aromatic rings. The van der Waals surface area contributed by atoms with E-state index >= 15 is 0 Å². The maximum atomic E-state index is 12.4. The quantitative estimate of drug-likeness (QED) is 0.317. The van der Waals surface area contributed by atoms with Crippen molar-refractivity contribution in [3.8, 4) is 16.9 Å². The summed E-state index contributed by atoms with van der Waals surface area (Å²) in [6.45, 7) is 0. The number of rotatable bonds is 4. The topological polar surface area (TPSA) is 80.6 Å². The van der Waals surface area contributed by atoms with Crippen LogP contribution >= 0.6 is 23.8 Å². The lowest BCUT2D eigenvalue weighted by Crippen LogP contribution is -2.34. The zero-order valence-corrected chi connectivity index (χ0v) is 18.4. The van der Waals surface area contributed by atoms with Crippen molar-refractivity contribution in [2.75, 3.05) is 12.4 Å². The standard InChI is InChI=1S/C24H17ClN2O4S/c1-30-17-9-6-14(7-10-17)22(28)27-24(32)26-16-8-11-18(20(25)13-16)19-12-15-4-2-3-5-21(15)31-23(19)29/h2-13H,1H3,(H2,26,27,28,32). The van der Waals surface area contributed by atoms with E-state index in [0.29, 0.717) is 38.7 Å². The highest BCUT2D eigenvalue weighted by Crippen LogP contribution is 2.30. The number of thiocarbonyl (C=S) groups is 1. The summed E-state index contributed by atoms with van der Waals surface area (Å²) in [5.74, 6) is 0.291. The molecule has 32 heavy (non-hydrogen) atoms. The molecule has 4 rings (SSSR count). The second-order valence-corrected chi connectivity index (χ2v) is 7.63. The molecule has 1 aromatic heterocycles. The first-order valence-electron chi connectivity index (χ1n) is 9.54. The number of para-hydroxylation sites is 1. The van der Waals surface area contributed by atoms with Crippen molar-refractivity contribution in [3.63, 3.8) is 0 Å². The van der Waals surface area contributed by atoms with Crippen molar-refractivity contribution >= 4 is 51.5 Å². The van der Waals surface area contributed by atoms with Crippen molar-refractivity contribution in [1.82, 2.24) is 5.32 Å². The Bertz CT molecular complexity index is 1380. The van der Waals surface area contributed by atoms with E-state index in [9.17, 15) is 9.59 Å². The summed E-state index contributed by atoms with van der Waals surface area (Å²) < 4.78 is 10.5. The summed E-state index contributed by atoms with van der Waals surface area (Å²) in [5.41, 5.74) is 1.91. The molecule has 0 fully saturated rings. The zero-order valence-electron chi connectivity index (χ0n) is 16.8. The highest BCUT2D eigenvalue weighted by Gasteiger charge is 2.13. The van der Waals surface area contributed by atoms with Gasteiger partial charge < -0.3 is 14.5 Å². The fourth-order valence-corrected chi connectivity index (χ4v) is 3.63. The lowest BCUT2D eigenvalue weighted by Gasteiger charge is -2.12. The number of fused-ring (bicyclic) bond motifs is 1. The average molecular weight is 465 g/mol. The van der Waals surface area contributed by atoms with Gasteiger partial charge in [0, 0.05) is 22.2 Å². The van der Waals surface area contributed by atoms with Gasteiger partial charge in [0.25, 0.3) is 5.91 Å². The molecule has 0 aliphatic heterocycles. The van der Waals surface area contributed by atoms with Crippen molar-refractivity contribution in [3.05, 3.63) is 93.8 Å². The molecule has 0 radical (unpaired) electrons. The van der Waals surface area contributed by atoms with E-state index in [1.54, 1.807) is 67.8 Å². The third kappa shape index (κ3) is 4.64. The fourth-order valence-electron chi connectivity index (χ4n) is 3.14. The number of nitrogens with one attached hydrogen (secondary N) is 2. The summed E-state index contributed by atoms with van der Waals surface area (Å²) >= 11 is 11.7. The lowest BCUT2D eigenvalue weighted by molar-refractivity contribution is 0.0977. The third-order valence-electron chi connectivity index (χ3n) is 4.74. The predicted molar refractivity (Wildman–Crippen MR) is 130 cm³/mol. The van der Waals surface area contributed by atoms with Gasteiger partial charge >= 0.3 is 5.63 Å². The predicted octanol–water partition coefficient (Wildman–Crippen LogP) is 5.25. The van der Waals surface area contributed by atoms with Crippen LogP contribution in [0.1, 0.15) is 10.4 Å². The second-order valence-electron chi connectivity index (χ2n) is 6.82. The molecule has 2 N–H and O–H groups in total. The Kier molecular flexibility index (Phi) is 6.20. The van der Waals surface area contributed by atoms with Gasteiger partial charge in [0.2, 0.25) is 0 Å². The minimum atomic E-state index is -0.478. The largest absolute Gasteiger partial charge is 0.497 e. The third-order valence-corrected chi connectivity index (χ3v) is 5.25. The van der Waals surface area contributed by atoms with Crippen molar-refractivity contribution in [1.29, 1.82) is 0 Å². The Morgan fingerprint density at radius 3 is 2.47 bits per heavy atom. The van der Waals surface area contributed by atoms with E-state index in [1.165, 1.54) is 0 Å². The number of halogens is 1. The first-order valence-corrected chi connectivity index (χ1v) is 10.3. The summed E-state index contributed by atoms with van der Waals surface area (Å²) in [6, 6.07) is 20.7. The molecule has 8 heteroatoms. The SMILES string of the molecule is COc1ccc(C(=O)NC(=S)Nc2ccc(-c3cc4ccccc4oc3=O)c(Cl)c2)cc1. The molecule has 0 bridgehead atoms. The summed E-state index contributed by atoms with van der Waals surface area (Å²) in [7, 11) is 1.55. The number of hydrogen-bond donors (Lipinski definition) is 2. The minimum absolute atomic E-state index is 0.111. The normalized spacial score (nSPS) is 10.6. The van der Waals surface area contributed by atoms with Gasteiger partial charge in [-0.1, -0.05) is 35.9 Å². The molecule has 0 aliphatic carbocycles. The number of benzene rings is 3. The van der Waals surface area contributed by atoms with Gasteiger partial charge in [-0.3, -0.25) is 10.1 Å². The molecule has 0 unspecified atom stereocenters. The molecular formula is C24H17ClN2O4S. The monoisotopic (exact) mass is 464 g/mol. The molecule has 0 saturated carbocycles. The van der Waals surface area contributed by atoms with Crippen LogP contribution < -0.4 is 21.0 Å². The number of carbonyl (C=O) groups is 1. The molecule has 0 aliphatic rings. The molecule has 160 valence electrons. The van der Waals surface area contributed by atoms with Gasteiger partial charge in [-0.15, -0.1) is 0 Å². The van der Waals surface area contributed by atoms with Crippen molar-refractivity contribution < 1.29 is 13.9 Å².